The van der Waals surface area contributed by atoms with Crippen LogP contribution in [0.15, 0.2) is 36.9 Å². The molecule has 0 radical (unpaired) electrons. The summed E-state index contributed by atoms with van der Waals surface area (Å²) in [5.74, 6) is -0.117. The Hall–Kier alpha value is -2.21. The van der Waals surface area contributed by atoms with Gasteiger partial charge in [-0.3, -0.25) is 4.79 Å². The summed E-state index contributed by atoms with van der Waals surface area (Å²) in [5, 5.41) is 9.96. The lowest BCUT2D eigenvalue weighted by molar-refractivity contribution is -0.119. The van der Waals surface area contributed by atoms with Gasteiger partial charge >= 0.3 is 0 Å². The second kappa shape index (κ2) is 6.10. The maximum absolute atomic E-state index is 12.1. The van der Waals surface area contributed by atoms with Crippen LogP contribution in [-0.2, 0) is 11.3 Å². The standard InChI is InChI=1S/C13H17N5O/c1-10(18-9-15-8-16-18)13(19)17-12-6-4-3-5-11(12)7-14-2/h3-6,8-10,14H,7H2,1-2H3,(H,17,19). The molecule has 0 aliphatic rings. The third-order valence-electron chi connectivity index (χ3n) is 2.86. The molecule has 2 rings (SSSR count). The van der Waals surface area contributed by atoms with Crippen LogP contribution in [0.5, 0.6) is 0 Å². The fourth-order valence-electron chi connectivity index (χ4n) is 1.76. The molecule has 6 heteroatoms. The molecule has 0 spiro atoms. The number of para-hydroxylation sites is 1. The van der Waals surface area contributed by atoms with Crippen molar-refractivity contribution in [2.45, 2.75) is 19.5 Å². The molecule has 0 saturated heterocycles. The molecule has 2 N–H and O–H groups in total. The Labute approximate surface area is 111 Å². The lowest BCUT2D eigenvalue weighted by Gasteiger charge is -2.14. The van der Waals surface area contributed by atoms with Gasteiger partial charge in [-0.25, -0.2) is 9.67 Å². The van der Waals surface area contributed by atoms with Crippen molar-refractivity contribution in [2.24, 2.45) is 0 Å². The quantitative estimate of drug-likeness (QED) is 0.846. The molecule has 19 heavy (non-hydrogen) atoms. The van der Waals surface area contributed by atoms with Gasteiger partial charge in [0.25, 0.3) is 0 Å². The van der Waals surface area contributed by atoms with E-state index in [1.807, 2.05) is 31.3 Å². The number of anilines is 1. The maximum Gasteiger partial charge on any atom is 0.249 e. The van der Waals surface area contributed by atoms with Crippen LogP contribution in [0.4, 0.5) is 5.69 Å². The molecule has 1 amide bonds. The molecule has 1 atom stereocenters. The first kappa shape index (κ1) is 13.2. The summed E-state index contributed by atoms with van der Waals surface area (Å²) in [6, 6.07) is 7.31. The van der Waals surface area contributed by atoms with Crippen molar-refractivity contribution in [3.05, 3.63) is 42.5 Å². The zero-order valence-corrected chi connectivity index (χ0v) is 11.0. The monoisotopic (exact) mass is 259 g/mol. The Bertz CT molecular complexity index is 538. The molecule has 1 heterocycles. The van der Waals surface area contributed by atoms with E-state index in [2.05, 4.69) is 20.7 Å². The largest absolute Gasteiger partial charge is 0.324 e. The fraction of sp³-hybridized carbons (Fsp3) is 0.308. The number of carbonyl (C=O) groups excluding carboxylic acids is 1. The van der Waals surface area contributed by atoms with Crippen LogP contribution in [-0.4, -0.2) is 27.7 Å². The van der Waals surface area contributed by atoms with Crippen LogP contribution < -0.4 is 10.6 Å². The molecule has 0 aliphatic carbocycles. The van der Waals surface area contributed by atoms with E-state index in [-0.39, 0.29) is 5.91 Å². The highest BCUT2D eigenvalue weighted by molar-refractivity contribution is 5.94. The first-order chi connectivity index (χ1) is 9.22. The van der Waals surface area contributed by atoms with Gasteiger partial charge in [0, 0.05) is 12.2 Å². The van der Waals surface area contributed by atoms with Crippen LogP contribution in [0, 0.1) is 0 Å². The second-order valence-corrected chi connectivity index (χ2v) is 4.23. The van der Waals surface area contributed by atoms with Crippen LogP contribution in [0.3, 0.4) is 0 Å². The van der Waals surface area contributed by atoms with Crippen molar-refractivity contribution in [3.63, 3.8) is 0 Å². The van der Waals surface area contributed by atoms with E-state index in [4.69, 9.17) is 0 Å². The first-order valence-electron chi connectivity index (χ1n) is 6.10. The van der Waals surface area contributed by atoms with E-state index in [0.29, 0.717) is 6.54 Å². The Morgan fingerprint density at radius 3 is 2.89 bits per heavy atom. The lowest BCUT2D eigenvalue weighted by Crippen LogP contribution is -2.25. The summed E-state index contributed by atoms with van der Waals surface area (Å²) in [4.78, 5) is 16.0. The van der Waals surface area contributed by atoms with Crippen molar-refractivity contribution < 1.29 is 4.79 Å². The number of nitrogens with one attached hydrogen (secondary N) is 2. The number of aromatic nitrogens is 3. The van der Waals surface area contributed by atoms with Crippen LogP contribution in [0.25, 0.3) is 0 Å². The van der Waals surface area contributed by atoms with E-state index in [0.717, 1.165) is 11.3 Å². The average Bonchev–Trinajstić information content (AvgIpc) is 2.94. The molecule has 0 saturated carbocycles. The Morgan fingerprint density at radius 2 is 2.21 bits per heavy atom. The molecule has 2 aromatic rings. The van der Waals surface area contributed by atoms with E-state index in [1.54, 1.807) is 6.92 Å². The summed E-state index contributed by atoms with van der Waals surface area (Å²) in [6.45, 7) is 2.48. The van der Waals surface area contributed by atoms with Crippen LogP contribution in [0.1, 0.15) is 18.5 Å². The zero-order chi connectivity index (χ0) is 13.7. The predicted molar refractivity (Wildman–Crippen MR) is 72.6 cm³/mol. The number of hydrogen-bond donors (Lipinski definition) is 2. The van der Waals surface area contributed by atoms with Gasteiger partial charge in [0.1, 0.15) is 18.7 Å². The number of nitrogens with zero attached hydrogens (tertiary/aromatic N) is 3. The summed E-state index contributed by atoms with van der Waals surface area (Å²) >= 11 is 0. The molecule has 1 aromatic carbocycles. The predicted octanol–water partition coefficient (Wildman–Crippen LogP) is 1.20. The van der Waals surface area contributed by atoms with Crippen molar-refractivity contribution in [1.29, 1.82) is 0 Å². The number of amides is 1. The third kappa shape index (κ3) is 3.17. The molecule has 100 valence electrons. The van der Waals surface area contributed by atoms with Crippen LogP contribution in [0.2, 0.25) is 0 Å². The van der Waals surface area contributed by atoms with Gasteiger partial charge in [0.15, 0.2) is 0 Å². The summed E-state index contributed by atoms with van der Waals surface area (Å²) in [6.07, 6.45) is 2.95. The molecular weight excluding hydrogens is 242 g/mol. The number of benzene rings is 1. The van der Waals surface area contributed by atoms with Crippen molar-refractivity contribution >= 4 is 11.6 Å². The van der Waals surface area contributed by atoms with E-state index in [9.17, 15) is 4.79 Å². The molecule has 0 fully saturated rings. The molecule has 1 aromatic heterocycles. The Morgan fingerprint density at radius 1 is 1.42 bits per heavy atom. The van der Waals surface area contributed by atoms with Gasteiger partial charge in [-0.1, -0.05) is 18.2 Å². The summed E-state index contributed by atoms with van der Waals surface area (Å²) in [7, 11) is 1.87. The van der Waals surface area contributed by atoms with Crippen molar-refractivity contribution in [1.82, 2.24) is 20.1 Å². The van der Waals surface area contributed by atoms with Gasteiger partial charge in [0.2, 0.25) is 5.91 Å². The molecule has 0 aliphatic heterocycles. The minimum Gasteiger partial charge on any atom is -0.324 e. The lowest BCUT2D eigenvalue weighted by atomic mass is 10.1. The van der Waals surface area contributed by atoms with Gasteiger partial charge in [-0.2, -0.15) is 5.10 Å². The van der Waals surface area contributed by atoms with E-state index in [1.165, 1.54) is 17.3 Å². The number of rotatable bonds is 5. The normalized spacial score (nSPS) is 12.1. The SMILES string of the molecule is CNCc1ccccc1NC(=O)C(C)n1cncn1. The van der Waals surface area contributed by atoms with Gasteiger partial charge in [-0.05, 0) is 25.6 Å². The Kier molecular flexibility index (Phi) is 4.25. The average molecular weight is 259 g/mol. The molecular formula is C13H17N5O. The summed E-state index contributed by atoms with van der Waals surface area (Å²) in [5.41, 5.74) is 1.86. The minimum absolute atomic E-state index is 0.117. The highest BCUT2D eigenvalue weighted by Crippen LogP contribution is 2.16. The van der Waals surface area contributed by atoms with E-state index < -0.39 is 6.04 Å². The highest BCUT2D eigenvalue weighted by atomic mass is 16.2. The number of hydrogen-bond acceptors (Lipinski definition) is 4. The topological polar surface area (TPSA) is 71.8 Å². The second-order valence-electron chi connectivity index (χ2n) is 4.23. The van der Waals surface area contributed by atoms with Crippen molar-refractivity contribution in [3.8, 4) is 0 Å². The Balaban J connectivity index is 2.10. The first-order valence-corrected chi connectivity index (χ1v) is 6.10. The zero-order valence-electron chi connectivity index (χ0n) is 11.0. The van der Waals surface area contributed by atoms with E-state index >= 15 is 0 Å². The van der Waals surface area contributed by atoms with Crippen LogP contribution >= 0.6 is 0 Å². The van der Waals surface area contributed by atoms with Gasteiger partial charge < -0.3 is 10.6 Å². The highest BCUT2D eigenvalue weighted by Gasteiger charge is 2.16. The van der Waals surface area contributed by atoms with Gasteiger partial charge in [0.05, 0.1) is 0 Å². The molecule has 6 nitrogen and oxygen atoms in total. The van der Waals surface area contributed by atoms with Gasteiger partial charge in [-0.15, -0.1) is 0 Å². The summed E-state index contributed by atoms with van der Waals surface area (Å²) < 4.78 is 1.52. The maximum atomic E-state index is 12.1. The minimum atomic E-state index is -0.398. The molecule has 1 unspecified atom stereocenters. The third-order valence-corrected chi connectivity index (χ3v) is 2.86. The smallest absolute Gasteiger partial charge is 0.249 e. The number of carbonyl (C=O) groups is 1. The van der Waals surface area contributed by atoms with Crippen molar-refractivity contribution in [2.75, 3.05) is 12.4 Å². The fourth-order valence-corrected chi connectivity index (χ4v) is 1.76. The molecule has 0 bridgehead atoms.